The Hall–Kier alpha value is -3.07. The maximum Gasteiger partial charge on any atom is 0.306 e. The fourth-order valence-corrected chi connectivity index (χ4v) is 6.42. The van der Waals surface area contributed by atoms with Crippen molar-refractivity contribution in [2.45, 2.75) is 44.9 Å². The Labute approximate surface area is 201 Å². The molecular weight excluding hydrogens is 452 g/mol. The molecule has 0 radical (unpaired) electrons. The predicted octanol–water partition coefficient (Wildman–Crippen LogP) is 4.25. The number of piperidine rings is 1. The smallest absolute Gasteiger partial charge is 0.306 e. The lowest BCUT2D eigenvalue weighted by Gasteiger charge is -2.30. The molecule has 1 aromatic carbocycles. The van der Waals surface area contributed by atoms with E-state index in [0.29, 0.717) is 31.9 Å². The zero-order chi connectivity index (χ0) is 23.1. The molecule has 0 unspecified atom stereocenters. The van der Waals surface area contributed by atoms with Gasteiger partial charge in [0.2, 0.25) is 12.7 Å². The van der Waals surface area contributed by atoms with Crippen LogP contribution in [0.2, 0.25) is 0 Å². The minimum absolute atomic E-state index is 0.270. The van der Waals surface area contributed by atoms with Crippen molar-refractivity contribution in [3.8, 4) is 11.5 Å². The van der Waals surface area contributed by atoms with Gasteiger partial charge in [-0.2, -0.15) is 4.98 Å². The predicted molar refractivity (Wildman–Crippen MR) is 131 cm³/mol. The second-order valence-electron chi connectivity index (χ2n) is 9.23. The molecule has 178 valence electrons. The Bertz CT molecular complexity index is 1240. The summed E-state index contributed by atoms with van der Waals surface area (Å²) in [6, 6.07) is 6.09. The largest absolute Gasteiger partial charge is 0.481 e. The topological polar surface area (TPSA) is 96.8 Å². The summed E-state index contributed by atoms with van der Waals surface area (Å²) in [6.07, 6.45) is 6.74. The van der Waals surface area contributed by atoms with E-state index in [0.717, 1.165) is 48.0 Å². The van der Waals surface area contributed by atoms with Crippen molar-refractivity contribution in [2.24, 2.45) is 5.92 Å². The number of nitrogens with zero attached hydrogens (tertiary/aromatic N) is 3. The molecule has 1 saturated heterocycles. The number of anilines is 2. The summed E-state index contributed by atoms with van der Waals surface area (Å²) in [4.78, 5) is 25.9. The van der Waals surface area contributed by atoms with Gasteiger partial charge in [-0.05, 0) is 68.2 Å². The Kier molecular flexibility index (Phi) is 5.64. The van der Waals surface area contributed by atoms with Crippen LogP contribution >= 0.6 is 11.3 Å². The van der Waals surface area contributed by atoms with E-state index >= 15 is 0 Å². The standard InChI is InChI=1S/C25H28N4O4S/c30-24(31)16-8-11-29(12-9-16)25-27-22(21-17-3-1-2-4-20(17)34-23(21)28-25)26-10-7-15-5-6-18-19(13-15)33-14-32-18/h5-6,13,16H,1-4,7-12,14H2,(H,30,31)(H,26,27,28). The fraction of sp³-hybridized carbons (Fsp3) is 0.480. The summed E-state index contributed by atoms with van der Waals surface area (Å²) < 4.78 is 10.9. The van der Waals surface area contributed by atoms with Crippen LogP contribution in [0, 0.1) is 5.92 Å². The Balaban J connectivity index is 1.26. The third-order valence-electron chi connectivity index (χ3n) is 7.07. The lowest BCUT2D eigenvalue weighted by Crippen LogP contribution is -2.37. The van der Waals surface area contributed by atoms with Gasteiger partial charge in [-0.15, -0.1) is 11.3 Å². The van der Waals surface area contributed by atoms with Gasteiger partial charge in [0, 0.05) is 24.5 Å². The molecular formula is C25H28N4O4S. The summed E-state index contributed by atoms with van der Waals surface area (Å²) >= 11 is 1.80. The SMILES string of the molecule is O=C(O)C1CCN(c2nc(NCCc3ccc4c(c3)OCO4)c3c4c(sc3n2)CCCC4)CC1. The number of hydrogen-bond acceptors (Lipinski definition) is 8. The maximum absolute atomic E-state index is 11.4. The van der Waals surface area contributed by atoms with Crippen molar-refractivity contribution in [2.75, 3.05) is 36.6 Å². The van der Waals surface area contributed by atoms with Crippen LogP contribution < -0.4 is 19.7 Å². The molecule has 34 heavy (non-hydrogen) atoms. The van der Waals surface area contributed by atoms with Gasteiger partial charge in [-0.1, -0.05) is 6.07 Å². The van der Waals surface area contributed by atoms with Gasteiger partial charge < -0.3 is 24.8 Å². The van der Waals surface area contributed by atoms with Crippen molar-refractivity contribution in [3.05, 3.63) is 34.2 Å². The number of rotatable bonds is 6. The number of carboxylic acid groups (broad SMARTS) is 1. The minimum atomic E-state index is -0.701. The number of benzene rings is 1. The van der Waals surface area contributed by atoms with Crippen LogP contribution in [0.5, 0.6) is 11.5 Å². The number of aromatic nitrogens is 2. The Morgan fingerprint density at radius 1 is 1.15 bits per heavy atom. The number of fused-ring (bicyclic) bond motifs is 4. The number of thiophene rings is 1. The lowest BCUT2D eigenvalue weighted by atomic mass is 9.97. The normalized spacial score (nSPS) is 17.7. The van der Waals surface area contributed by atoms with Crippen LogP contribution in [0.1, 0.15) is 41.7 Å². The average Bonchev–Trinajstić information content (AvgIpc) is 3.48. The first-order valence-electron chi connectivity index (χ1n) is 12.1. The zero-order valence-electron chi connectivity index (χ0n) is 19.0. The van der Waals surface area contributed by atoms with E-state index in [1.165, 1.54) is 34.2 Å². The van der Waals surface area contributed by atoms with Crippen LogP contribution in [0.4, 0.5) is 11.8 Å². The number of hydrogen-bond donors (Lipinski definition) is 2. The molecule has 0 amide bonds. The number of carbonyl (C=O) groups is 1. The summed E-state index contributed by atoms with van der Waals surface area (Å²) in [5, 5.41) is 14.1. The second-order valence-corrected chi connectivity index (χ2v) is 10.3. The number of aliphatic carboxylic acids is 1. The molecule has 4 heterocycles. The van der Waals surface area contributed by atoms with Crippen molar-refractivity contribution >= 4 is 39.3 Å². The van der Waals surface area contributed by atoms with E-state index in [4.69, 9.17) is 19.4 Å². The molecule has 0 bridgehead atoms. The molecule has 6 rings (SSSR count). The summed E-state index contributed by atoms with van der Waals surface area (Å²) in [5.74, 6) is 2.25. The highest BCUT2D eigenvalue weighted by Crippen LogP contribution is 2.40. The molecule has 1 fully saturated rings. The first-order chi connectivity index (χ1) is 16.7. The van der Waals surface area contributed by atoms with Crippen molar-refractivity contribution < 1.29 is 19.4 Å². The van der Waals surface area contributed by atoms with Crippen LogP contribution in [0.15, 0.2) is 18.2 Å². The fourth-order valence-electron chi connectivity index (χ4n) is 5.16. The highest BCUT2D eigenvalue weighted by molar-refractivity contribution is 7.19. The van der Waals surface area contributed by atoms with Crippen LogP contribution in [0.25, 0.3) is 10.2 Å². The summed E-state index contributed by atoms with van der Waals surface area (Å²) in [7, 11) is 0. The molecule has 3 aliphatic rings. The Morgan fingerprint density at radius 2 is 1.97 bits per heavy atom. The summed E-state index contributed by atoms with van der Waals surface area (Å²) in [5.41, 5.74) is 2.60. The van der Waals surface area contributed by atoms with Crippen molar-refractivity contribution in [3.63, 3.8) is 0 Å². The van der Waals surface area contributed by atoms with Gasteiger partial charge in [0.15, 0.2) is 11.5 Å². The monoisotopic (exact) mass is 480 g/mol. The molecule has 2 aliphatic heterocycles. The number of ether oxygens (including phenoxy) is 2. The maximum atomic E-state index is 11.4. The van der Waals surface area contributed by atoms with Gasteiger partial charge >= 0.3 is 5.97 Å². The minimum Gasteiger partial charge on any atom is -0.481 e. The van der Waals surface area contributed by atoms with Crippen LogP contribution in [-0.2, 0) is 24.1 Å². The quantitative estimate of drug-likeness (QED) is 0.540. The first-order valence-corrected chi connectivity index (χ1v) is 12.9. The molecule has 2 N–H and O–H groups in total. The van der Waals surface area contributed by atoms with Crippen LogP contribution in [0.3, 0.4) is 0 Å². The van der Waals surface area contributed by atoms with Gasteiger partial charge in [0.1, 0.15) is 10.6 Å². The lowest BCUT2D eigenvalue weighted by molar-refractivity contribution is -0.142. The molecule has 3 aromatic rings. The Morgan fingerprint density at radius 3 is 2.82 bits per heavy atom. The molecule has 0 atom stereocenters. The van der Waals surface area contributed by atoms with E-state index in [1.807, 2.05) is 12.1 Å². The number of nitrogens with one attached hydrogen (secondary N) is 1. The van der Waals surface area contributed by atoms with Crippen molar-refractivity contribution in [1.29, 1.82) is 0 Å². The zero-order valence-corrected chi connectivity index (χ0v) is 19.8. The second kappa shape index (κ2) is 8.94. The third kappa shape index (κ3) is 4.02. The van der Waals surface area contributed by atoms with E-state index < -0.39 is 5.97 Å². The third-order valence-corrected chi connectivity index (χ3v) is 8.26. The molecule has 9 heteroatoms. The van der Waals surface area contributed by atoms with Crippen molar-refractivity contribution in [1.82, 2.24) is 9.97 Å². The highest BCUT2D eigenvalue weighted by Gasteiger charge is 2.28. The molecule has 8 nitrogen and oxygen atoms in total. The average molecular weight is 481 g/mol. The number of aryl methyl sites for hydroxylation is 2. The molecule has 0 spiro atoms. The molecule has 1 aliphatic carbocycles. The summed E-state index contributed by atoms with van der Waals surface area (Å²) in [6.45, 7) is 2.37. The van der Waals surface area contributed by atoms with E-state index in [9.17, 15) is 9.90 Å². The van der Waals surface area contributed by atoms with Crippen LogP contribution in [-0.4, -0.2) is 47.5 Å². The van der Waals surface area contributed by atoms with E-state index in [2.05, 4.69) is 16.3 Å². The van der Waals surface area contributed by atoms with Gasteiger partial charge in [0.05, 0.1) is 11.3 Å². The van der Waals surface area contributed by atoms with Gasteiger partial charge in [-0.3, -0.25) is 4.79 Å². The molecule has 2 aromatic heterocycles. The first kappa shape index (κ1) is 21.5. The van der Waals surface area contributed by atoms with Gasteiger partial charge in [-0.25, -0.2) is 4.98 Å². The van der Waals surface area contributed by atoms with E-state index in [-0.39, 0.29) is 12.7 Å². The number of carboxylic acids is 1. The van der Waals surface area contributed by atoms with E-state index in [1.54, 1.807) is 11.3 Å². The van der Waals surface area contributed by atoms with Gasteiger partial charge in [0.25, 0.3) is 0 Å². The molecule has 0 saturated carbocycles. The highest BCUT2D eigenvalue weighted by atomic mass is 32.1.